The molecule has 7 heavy (non-hydrogen) atoms. The first-order chi connectivity index (χ1) is 3.31. The Bertz CT molecular complexity index is 40.7. The third kappa shape index (κ3) is 5.18. The molecular formula is C4H8Br2S. The largest absolute Gasteiger partial charge is 0.164 e. The molecule has 0 spiro atoms. The van der Waals surface area contributed by atoms with E-state index in [-0.39, 0.29) is 0 Å². The van der Waals surface area contributed by atoms with E-state index >= 15 is 0 Å². The summed E-state index contributed by atoms with van der Waals surface area (Å²) in [4.78, 5) is 0.641. The van der Waals surface area contributed by atoms with Crippen LogP contribution in [-0.4, -0.2) is 22.2 Å². The maximum absolute atomic E-state index is 3.47. The monoisotopic (exact) mass is 246 g/mol. The van der Waals surface area contributed by atoms with Crippen LogP contribution < -0.4 is 0 Å². The molecule has 0 fully saturated rings. The molecule has 0 radical (unpaired) electrons. The first-order valence-electron chi connectivity index (χ1n) is 2.00. The Morgan fingerprint density at radius 1 is 1.71 bits per heavy atom. The van der Waals surface area contributed by atoms with Gasteiger partial charge in [0.25, 0.3) is 0 Å². The Morgan fingerprint density at radius 3 is 2.43 bits per heavy atom. The normalized spacial score (nSPS) is 14.1. The first kappa shape index (κ1) is 8.31. The van der Waals surface area contributed by atoms with E-state index in [1.54, 1.807) is 0 Å². The summed E-state index contributed by atoms with van der Waals surface area (Å²) in [5, 5.41) is 1.05. The molecule has 1 unspecified atom stereocenters. The molecule has 1 atom stereocenters. The molecule has 0 aromatic heterocycles. The van der Waals surface area contributed by atoms with E-state index in [1.807, 2.05) is 11.8 Å². The minimum absolute atomic E-state index is 0.641. The zero-order chi connectivity index (χ0) is 5.70. The molecule has 0 aromatic rings. The topological polar surface area (TPSA) is 0 Å². The third-order valence-corrected chi connectivity index (χ3v) is 3.98. The number of rotatable bonds is 3. The van der Waals surface area contributed by atoms with Gasteiger partial charge in [0.1, 0.15) is 0 Å². The van der Waals surface area contributed by atoms with Crippen LogP contribution in [0.3, 0.4) is 0 Å². The van der Waals surface area contributed by atoms with Crippen LogP contribution in [0.15, 0.2) is 0 Å². The lowest BCUT2D eigenvalue weighted by atomic mass is 10.6. The predicted octanol–water partition coefficient (Wildman–Crippen LogP) is 2.51. The van der Waals surface area contributed by atoms with Gasteiger partial charge in [0.2, 0.25) is 0 Å². The molecule has 0 saturated heterocycles. The van der Waals surface area contributed by atoms with E-state index in [2.05, 4.69) is 38.1 Å². The summed E-state index contributed by atoms with van der Waals surface area (Å²) in [5.74, 6) is 1.19. The van der Waals surface area contributed by atoms with Crippen molar-refractivity contribution in [1.29, 1.82) is 0 Å². The highest BCUT2D eigenvalue weighted by molar-refractivity contribution is 9.12. The maximum Gasteiger partial charge on any atom is 0.0333 e. The van der Waals surface area contributed by atoms with Crippen molar-refractivity contribution in [3.05, 3.63) is 0 Å². The van der Waals surface area contributed by atoms with E-state index in [9.17, 15) is 0 Å². The minimum atomic E-state index is 0.641. The summed E-state index contributed by atoms with van der Waals surface area (Å²) >= 11 is 8.68. The van der Waals surface area contributed by atoms with E-state index < -0.39 is 0 Å². The van der Waals surface area contributed by atoms with Gasteiger partial charge in [0.05, 0.1) is 0 Å². The SMILES string of the molecule is CSCC(Br)CBr. The number of alkyl halides is 2. The van der Waals surface area contributed by atoms with E-state index in [0.717, 1.165) is 5.33 Å². The second-order valence-corrected chi connectivity index (χ2v) is 4.06. The second kappa shape index (κ2) is 5.45. The smallest absolute Gasteiger partial charge is 0.0333 e. The molecular weight excluding hydrogens is 240 g/mol. The van der Waals surface area contributed by atoms with Crippen LogP contribution >= 0.6 is 43.6 Å². The highest BCUT2D eigenvalue weighted by Gasteiger charge is 1.96. The van der Waals surface area contributed by atoms with Crippen LogP contribution in [0.1, 0.15) is 0 Å². The van der Waals surface area contributed by atoms with Crippen LogP contribution in [0.4, 0.5) is 0 Å². The maximum atomic E-state index is 3.47. The Hall–Kier alpha value is 1.31. The molecule has 0 aliphatic carbocycles. The van der Waals surface area contributed by atoms with Crippen LogP contribution in [0.5, 0.6) is 0 Å². The van der Waals surface area contributed by atoms with Crippen molar-refractivity contribution in [3.8, 4) is 0 Å². The van der Waals surface area contributed by atoms with Crippen molar-refractivity contribution in [2.75, 3.05) is 17.3 Å². The molecule has 0 nitrogen and oxygen atoms in total. The van der Waals surface area contributed by atoms with Crippen LogP contribution in [0.25, 0.3) is 0 Å². The number of thioether (sulfide) groups is 1. The second-order valence-electron chi connectivity index (χ2n) is 1.21. The summed E-state index contributed by atoms with van der Waals surface area (Å²) in [6, 6.07) is 0. The Labute approximate surface area is 65.7 Å². The molecule has 0 bridgehead atoms. The molecule has 44 valence electrons. The van der Waals surface area contributed by atoms with Gasteiger partial charge in [-0.3, -0.25) is 0 Å². The van der Waals surface area contributed by atoms with Gasteiger partial charge in [-0.05, 0) is 6.26 Å². The van der Waals surface area contributed by atoms with Crippen molar-refractivity contribution in [3.63, 3.8) is 0 Å². The van der Waals surface area contributed by atoms with Crippen LogP contribution in [0.2, 0.25) is 0 Å². The van der Waals surface area contributed by atoms with Gasteiger partial charge >= 0.3 is 0 Å². The first-order valence-corrected chi connectivity index (χ1v) is 5.43. The van der Waals surface area contributed by atoms with Gasteiger partial charge in [0, 0.05) is 15.9 Å². The summed E-state index contributed by atoms with van der Waals surface area (Å²) in [6.45, 7) is 0. The highest BCUT2D eigenvalue weighted by Crippen LogP contribution is 2.08. The fraction of sp³-hybridized carbons (Fsp3) is 1.00. The summed E-state index contributed by atoms with van der Waals surface area (Å²) in [6.07, 6.45) is 2.11. The summed E-state index contributed by atoms with van der Waals surface area (Å²) in [5.41, 5.74) is 0. The summed E-state index contributed by atoms with van der Waals surface area (Å²) in [7, 11) is 0. The average Bonchev–Trinajstić information content (AvgIpc) is 1.68. The number of hydrogen-bond acceptors (Lipinski definition) is 1. The van der Waals surface area contributed by atoms with Crippen molar-refractivity contribution in [2.24, 2.45) is 0 Å². The molecule has 0 saturated carbocycles. The van der Waals surface area contributed by atoms with Crippen molar-refractivity contribution in [2.45, 2.75) is 4.83 Å². The van der Waals surface area contributed by atoms with Gasteiger partial charge < -0.3 is 0 Å². The lowest BCUT2D eigenvalue weighted by Gasteiger charge is -1.98. The molecule has 0 amide bonds. The summed E-state index contributed by atoms with van der Waals surface area (Å²) < 4.78 is 0. The van der Waals surface area contributed by atoms with Crippen molar-refractivity contribution < 1.29 is 0 Å². The quantitative estimate of drug-likeness (QED) is 0.691. The number of halogens is 2. The van der Waals surface area contributed by atoms with E-state index in [1.165, 1.54) is 5.75 Å². The Balaban J connectivity index is 2.83. The zero-order valence-electron chi connectivity index (χ0n) is 4.16. The Kier molecular flexibility index (Phi) is 6.47. The molecule has 0 aromatic carbocycles. The third-order valence-electron chi connectivity index (χ3n) is 0.515. The fourth-order valence-corrected chi connectivity index (χ4v) is 2.03. The molecule has 0 heterocycles. The van der Waals surface area contributed by atoms with E-state index in [4.69, 9.17) is 0 Å². The standard InChI is InChI=1S/C4H8Br2S/c1-7-3-4(6)2-5/h4H,2-3H2,1H3. The van der Waals surface area contributed by atoms with Crippen molar-refractivity contribution in [1.82, 2.24) is 0 Å². The minimum Gasteiger partial charge on any atom is -0.164 e. The van der Waals surface area contributed by atoms with Gasteiger partial charge in [-0.1, -0.05) is 31.9 Å². The lowest BCUT2D eigenvalue weighted by molar-refractivity contribution is 1.19. The van der Waals surface area contributed by atoms with Crippen LogP contribution in [-0.2, 0) is 0 Å². The molecule has 0 rings (SSSR count). The van der Waals surface area contributed by atoms with Gasteiger partial charge in [0.15, 0.2) is 0 Å². The Morgan fingerprint density at radius 2 is 2.29 bits per heavy atom. The average molecular weight is 248 g/mol. The molecule has 0 aliphatic rings. The van der Waals surface area contributed by atoms with E-state index in [0.29, 0.717) is 4.83 Å². The van der Waals surface area contributed by atoms with Gasteiger partial charge in [-0.2, -0.15) is 11.8 Å². The lowest BCUT2D eigenvalue weighted by Crippen LogP contribution is -2.00. The molecule has 3 heteroatoms. The van der Waals surface area contributed by atoms with Gasteiger partial charge in [-0.25, -0.2) is 0 Å². The van der Waals surface area contributed by atoms with Gasteiger partial charge in [-0.15, -0.1) is 0 Å². The molecule has 0 N–H and O–H groups in total. The predicted molar refractivity (Wildman–Crippen MR) is 44.9 cm³/mol. The molecule has 0 aliphatic heterocycles. The fourth-order valence-electron chi connectivity index (χ4n) is 0.225. The zero-order valence-corrected chi connectivity index (χ0v) is 8.14. The van der Waals surface area contributed by atoms with Crippen LogP contribution in [0, 0.1) is 0 Å². The van der Waals surface area contributed by atoms with Crippen molar-refractivity contribution >= 4 is 43.6 Å². The highest BCUT2D eigenvalue weighted by atomic mass is 79.9. The number of hydrogen-bond donors (Lipinski definition) is 0.